The molecule has 2 aromatic rings. The van der Waals surface area contributed by atoms with Crippen molar-refractivity contribution in [1.82, 2.24) is 19.9 Å². The van der Waals surface area contributed by atoms with Gasteiger partial charge in [-0.25, -0.2) is 4.98 Å². The summed E-state index contributed by atoms with van der Waals surface area (Å²) in [5.41, 5.74) is 2.30. The minimum absolute atomic E-state index is 0.0637. The van der Waals surface area contributed by atoms with Crippen LogP contribution < -0.4 is 5.32 Å². The van der Waals surface area contributed by atoms with Crippen LogP contribution in [0.1, 0.15) is 45.4 Å². The summed E-state index contributed by atoms with van der Waals surface area (Å²) in [6.45, 7) is 6.60. The number of aryl methyl sites for hydroxylation is 1. The third-order valence-corrected chi connectivity index (χ3v) is 4.27. The van der Waals surface area contributed by atoms with Crippen molar-refractivity contribution in [3.63, 3.8) is 0 Å². The second-order valence-corrected chi connectivity index (χ2v) is 5.42. The molecule has 1 N–H and O–H groups in total. The molecule has 0 saturated carbocycles. The van der Waals surface area contributed by atoms with E-state index in [0.717, 1.165) is 31.4 Å². The number of hydrogen-bond acceptors (Lipinski definition) is 3. The summed E-state index contributed by atoms with van der Waals surface area (Å²) in [4.78, 5) is 9.10. The van der Waals surface area contributed by atoms with Crippen LogP contribution >= 0.6 is 0 Å². The summed E-state index contributed by atoms with van der Waals surface area (Å²) in [6.07, 6.45) is 8.38. The molecule has 1 unspecified atom stereocenters. The Morgan fingerprint density at radius 3 is 3.00 bits per heavy atom. The van der Waals surface area contributed by atoms with E-state index in [1.807, 2.05) is 12.4 Å². The highest BCUT2D eigenvalue weighted by Crippen LogP contribution is 2.35. The Kier molecular flexibility index (Phi) is 3.27. The smallest absolute Gasteiger partial charge is 0.130 e. The lowest BCUT2D eigenvalue weighted by atomic mass is 9.93. The third-order valence-electron chi connectivity index (χ3n) is 4.27. The minimum atomic E-state index is 0.0637. The van der Waals surface area contributed by atoms with E-state index in [1.165, 1.54) is 24.2 Å². The Bertz CT molecular complexity index is 567. The van der Waals surface area contributed by atoms with Gasteiger partial charge in [-0.2, -0.15) is 0 Å². The zero-order valence-corrected chi connectivity index (χ0v) is 11.8. The van der Waals surface area contributed by atoms with Crippen LogP contribution in [-0.2, 0) is 12.1 Å². The molecule has 4 heteroatoms. The van der Waals surface area contributed by atoms with Gasteiger partial charge >= 0.3 is 0 Å². The third kappa shape index (κ3) is 1.94. The molecule has 0 radical (unpaired) electrons. The molecule has 1 saturated heterocycles. The van der Waals surface area contributed by atoms with Gasteiger partial charge in [-0.3, -0.25) is 4.98 Å². The molecule has 4 nitrogen and oxygen atoms in total. The van der Waals surface area contributed by atoms with Crippen molar-refractivity contribution in [3.8, 4) is 0 Å². The first kappa shape index (κ1) is 12.6. The molecule has 0 bridgehead atoms. The van der Waals surface area contributed by atoms with E-state index in [1.54, 1.807) is 0 Å². The van der Waals surface area contributed by atoms with Crippen molar-refractivity contribution < 1.29 is 0 Å². The van der Waals surface area contributed by atoms with E-state index >= 15 is 0 Å². The molecule has 1 aliphatic heterocycles. The molecule has 0 amide bonds. The van der Waals surface area contributed by atoms with Crippen LogP contribution in [0.25, 0.3) is 11.0 Å². The number of rotatable bonds is 4. The summed E-state index contributed by atoms with van der Waals surface area (Å²) >= 11 is 0. The molecule has 19 heavy (non-hydrogen) atoms. The second-order valence-electron chi connectivity index (χ2n) is 5.42. The van der Waals surface area contributed by atoms with E-state index in [-0.39, 0.29) is 5.54 Å². The number of aromatic nitrogens is 3. The number of nitrogens with one attached hydrogen (secondary N) is 1. The van der Waals surface area contributed by atoms with Crippen LogP contribution in [0.5, 0.6) is 0 Å². The molecule has 0 aliphatic carbocycles. The molecule has 3 heterocycles. The number of nitrogens with zero attached hydrogens (tertiary/aromatic N) is 3. The molecule has 0 aromatic carbocycles. The van der Waals surface area contributed by atoms with E-state index in [2.05, 4.69) is 34.8 Å². The van der Waals surface area contributed by atoms with Gasteiger partial charge in [-0.05, 0) is 38.3 Å². The molecular weight excluding hydrogens is 236 g/mol. The SMILES string of the molecule is CCCn1c(C2(CC)CCCN2)nc2cnccc21. The van der Waals surface area contributed by atoms with Gasteiger partial charge < -0.3 is 9.88 Å². The second kappa shape index (κ2) is 4.93. The molecule has 1 atom stereocenters. The summed E-state index contributed by atoms with van der Waals surface area (Å²) in [6, 6.07) is 2.08. The van der Waals surface area contributed by atoms with Crippen molar-refractivity contribution in [2.24, 2.45) is 0 Å². The van der Waals surface area contributed by atoms with Gasteiger partial charge in [0.2, 0.25) is 0 Å². The minimum Gasteiger partial charge on any atom is -0.326 e. The Hall–Kier alpha value is -1.42. The van der Waals surface area contributed by atoms with Crippen LogP contribution in [0, 0.1) is 0 Å². The summed E-state index contributed by atoms with van der Waals surface area (Å²) in [7, 11) is 0. The highest BCUT2D eigenvalue weighted by molar-refractivity contribution is 5.75. The van der Waals surface area contributed by atoms with Gasteiger partial charge in [0.1, 0.15) is 11.3 Å². The van der Waals surface area contributed by atoms with Gasteiger partial charge in [0.05, 0.1) is 17.3 Å². The maximum atomic E-state index is 4.89. The van der Waals surface area contributed by atoms with Crippen LogP contribution in [-0.4, -0.2) is 21.1 Å². The number of imidazole rings is 1. The standard InChI is InChI=1S/C15H22N4/c1-3-10-19-13-6-9-16-11-12(13)18-14(19)15(4-2)7-5-8-17-15/h6,9,11,17H,3-5,7-8,10H2,1-2H3. The van der Waals surface area contributed by atoms with Crippen molar-refractivity contribution in [2.45, 2.75) is 51.6 Å². The van der Waals surface area contributed by atoms with Crippen LogP contribution in [0.3, 0.4) is 0 Å². The van der Waals surface area contributed by atoms with Crippen LogP contribution in [0.15, 0.2) is 18.5 Å². The van der Waals surface area contributed by atoms with Crippen LogP contribution in [0.2, 0.25) is 0 Å². The van der Waals surface area contributed by atoms with E-state index < -0.39 is 0 Å². The molecule has 3 rings (SSSR count). The number of fused-ring (bicyclic) bond motifs is 1. The van der Waals surface area contributed by atoms with Crippen LogP contribution in [0.4, 0.5) is 0 Å². The van der Waals surface area contributed by atoms with E-state index in [9.17, 15) is 0 Å². The van der Waals surface area contributed by atoms with E-state index in [4.69, 9.17) is 4.98 Å². The lowest BCUT2D eigenvalue weighted by molar-refractivity contribution is 0.338. The first-order chi connectivity index (χ1) is 9.30. The fourth-order valence-corrected chi connectivity index (χ4v) is 3.25. The van der Waals surface area contributed by atoms with E-state index in [0.29, 0.717) is 0 Å². The topological polar surface area (TPSA) is 42.7 Å². The fourth-order valence-electron chi connectivity index (χ4n) is 3.25. The van der Waals surface area contributed by atoms with Crippen molar-refractivity contribution in [3.05, 3.63) is 24.3 Å². The quantitative estimate of drug-likeness (QED) is 0.917. The first-order valence-electron chi connectivity index (χ1n) is 7.36. The molecule has 1 fully saturated rings. The van der Waals surface area contributed by atoms with Crippen molar-refractivity contribution in [2.75, 3.05) is 6.54 Å². The maximum Gasteiger partial charge on any atom is 0.130 e. The average molecular weight is 258 g/mol. The summed E-state index contributed by atoms with van der Waals surface area (Å²) in [5.74, 6) is 1.21. The summed E-state index contributed by atoms with van der Waals surface area (Å²) in [5, 5.41) is 3.69. The first-order valence-corrected chi connectivity index (χ1v) is 7.36. The molecule has 102 valence electrons. The van der Waals surface area contributed by atoms with Gasteiger partial charge in [0, 0.05) is 12.7 Å². The average Bonchev–Trinajstić information content (AvgIpc) is 3.05. The largest absolute Gasteiger partial charge is 0.326 e. The molecule has 1 aliphatic rings. The Morgan fingerprint density at radius 1 is 1.42 bits per heavy atom. The fraction of sp³-hybridized carbons (Fsp3) is 0.600. The van der Waals surface area contributed by atoms with Crippen molar-refractivity contribution >= 4 is 11.0 Å². The predicted octanol–water partition coefficient (Wildman–Crippen LogP) is 2.83. The lowest BCUT2D eigenvalue weighted by Crippen LogP contribution is -2.38. The Balaban J connectivity index is 2.18. The zero-order chi connectivity index (χ0) is 13.3. The van der Waals surface area contributed by atoms with Gasteiger partial charge in [-0.1, -0.05) is 13.8 Å². The number of pyridine rings is 1. The maximum absolute atomic E-state index is 4.89. The summed E-state index contributed by atoms with van der Waals surface area (Å²) < 4.78 is 2.39. The highest BCUT2D eigenvalue weighted by Gasteiger charge is 2.38. The lowest BCUT2D eigenvalue weighted by Gasteiger charge is -2.28. The Labute approximate surface area is 114 Å². The normalized spacial score (nSPS) is 23.3. The zero-order valence-electron chi connectivity index (χ0n) is 11.8. The van der Waals surface area contributed by atoms with Gasteiger partial charge in [0.25, 0.3) is 0 Å². The number of hydrogen-bond donors (Lipinski definition) is 1. The highest BCUT2D eigenvalue weighted by atomic mass is 15.2. The van der Waals surface area contributed by atoms with Gasteiger partial charge in [-0.15, -0.1) is 0 Å². The molecule has 0 spiro atoms. The molecular formula is C15H22N4. The predicted molar refractivity (Wildman–Crippen MR) is 77.0 cm³/mol. The Morgan fingerprint density at radius 2 is 2.32 bits per heavy atom. The van der Waals surface area contributed by atoms with Gasteiger partial charge in [0.15, 0.2) is 0 Å². The van der Waals surface area contributed by atoms with Crippen molar-refractivity contribution in [1.29, 1.82) is 0 Å². The monoisotopic (exact) mass is 258 g/mol. The molecule has 2 aromatic heterocycles.